The molecule has 0 aliphatic rings. The Kier molecular flexibility index (Phi) is 6.01. The maximum absolute atomic E-state index is 14.1. The summed E-state index contributed by atoms with van der Waals surface area (Å²) in [5.41, 5.74) is 2.87. The average molecular weight is 457 g/mol. The van der Waals surface area contributed by atoms with Crippen LogP contribution in [-0.4, -0.2) is 21.4 Å². The van der Waals surface area contributed by atoms with Crippen molar-refractivity contribution in [2.24, 2.45) is 0 Å². The van der Waals surface area contributed by atoms with Crippen LogP contribution in [0.2, 0.25) is 5.28 Å². The molecule has 31 heavy (non-hydrogen) atoms. The molecule has 2 heterocycles. The predicted octanol–water partition coefficient (Wildman–Crippen LogP) is 5.08. The van der Waals surface area contributed by atoms with Crippen LogP contribution in [0.4, 0.5) is 15.8 Å². The van der Waals surface area contributed by atoms with Gasteiger partial charge in [0.25, 0.3) is 0 Å². The first-order valence-electron chi connectivity index (χ1n) is 9.41. The summed E-state index contributed by atoms with van der Waals surface area (Å²) in [7, 11) is 0. The van der Waals surface area contributed by atoms with Crippen molar-refractivity contribution in [1.29, 1.82) is 0 Å². The number of carbonyl (C=O) groups is 2. The van der Waals surface area contributed by atoms with E-state index in [4.69, 9.17) is 11.6 Å². The number of nitrogens with one attached hydrogen (secondary N) is 1. The van der Waals surface area contributed by atoms with Gasteiger partial charge in [-0.1, -0.05) is 6.07 Å². The topological polar surface area (TPSA) is 67.2 Å². The Morgan fingerprint density at radius 1 is 1.19 bits per heavy atom. The third-order valence-corrected chi connectivity index (χ3v) is 5.72. The zero-order chi connectivity index (χ0) is 22.0. The van der Waals surface area contributed by atoms with E-state index in [1.54, 1.807) is 52.6 Å². The van der Waals surface area contributed by atoms with Crippen molar-refractivity contribution in [2.45, 2.75) is 20.0 Å². The maximum Gasteiger partial charge on any atom is 0.247 e. The van der Waals surface area contributed by atoms with Gasteiger partial charge in [-0.05, 0) is 70.4 Å². The smallest absolute Gasteiger partial charge is 0.247 e. The first-order valence-corrected chi connectivity index (χ1v) is 10.7. The molecule has 2 aromatic heterocycles. The van der Waals surface area contributed by atoms with E-state index in [1.165, 1.54) is 17.6 Å². The van der Waals surface area contributed by atoms with Crippen LogP contribution in [0.3, 0.4) is 0 Å². The van der Waals surface area contributed by atoms with Crippen molar-refractivity contribution in [3.8, 4) is 0 Å². The maximum atomic E-state index is 14.1. The van der Waals surface area contributed by atoms with Gasteiger partial charge >= 0.3 is 0 Å². The number of thiophene rings is 1. The molecule has 0 atom stereocenters. The molecule has 2 amide bonds. The Hall–Kier alpha value is -3.23. The van der Waals surface area contributed by atoms with Gasteiger partial charge in [0.1, 0.15) is 12.1 Å². The number of benzene rings is 2. The molecule has 1 N–H and O–H groups in total. The molecule has 0 saturated carbocycles. The lowest BCUT2D eigenvalue weighted by atomic mass is 10.2. The van der Waals surface area contributed by atoms with Crippen LogP contribution in [0.25, 0.3) is 11.0 Å². The second kappa shape index (κ2) is 8.87. The number of imidazole rings is 1. The number of hydrogen-bond donors (Lipinski definition) is 1. The first kappa shape index (κ1) is 21.0. The summed E-state index contributed by atoms with van der Waals surface area (Å²) in [6.07, 6.45) is 0. The van der Waals surface area contributed by atoms with Crippen molar-refractivity contribution < 1.29 is 14.0 Å². The quantitative estimate of drug-likeness (QED) is 0.440. The Morgan fingerprint density at radius 2 is 1.97 bits per heavy atom. The van der Waals surface area contributed by atoms with E-state index in [0.29, 0.717) is 23.4 Å². The molecule has 0 aliphatic carbocycles. The zero-order valence-corrected chi connectivity index (χ0v) is 18.1. The lowest BCUT2D eigenvalue weighted by Crippen LogP contribution is -2.33. The summed E-state index contributed by atoms with van der Waals surface area (Å²) in [6.45, 7) is 1.69. The van der Waals surface area contributed by atoms with Crippen LogP contribution in [0.5, 0.6) is 0 Å². The third kappa shape index (κ3) is 4.60. The SMILES string of the molecule is CC(=O)Nc1ccc(N(Cc2ccsc2)C(=O)Cn2c(Cl)nc3c(F)cccc32)cc1. The van der Waals surface area contributed by atoms with Gasteiger partial charge in [0.2, 0.25) is 17.1 Å². The molecule has 158 valence electrons. The van der Waals surface area contributed by atoms with Gasteiger partial charge in [-0.25, -0.2) is 9.37 Å². The molecule has 2 aromatic carbocycles. The molecule has 0 fully saturated rings. The number of para-hydroxylation sites is 1. The van der Waals surface area contributed by atoms with Crippen molar-refractivity contribution in [1.82, 2.24) is 9.55 Å². The van der Waals surface area contributed by atoms with Gasteiger partial charge in [-0.3, -0.25) is 9.59 Å². The lowest BCUT2D eigenvalue weighted by Gasteiger charge is -2.23. The first-order chi connectivity index (χ1) is 14.9. The largest absolute Gasteiger partial charge is 0.326 e. The van der Waals surface area contributed by atoms with Crippen molar-refractivity contribution in [3.63, 3.8) is 0 Å². The molecule has 9 heteroatoms. The number of anilines is 2. The van der Waals surface area contributed by atoms with Gasteiger partial charge in [0.05, 0.1) is 12.1 Å². The van der Waals surface area contributed by atoms with E-state index in [2.05, 4.69) is 10.3 Å². The minimum Gasteiger partial charge on any atom is -0.326 e. The average Bonchev–Trinajstić information content (AvgIpc) is 3.36. The molecule has 0 spiro atoms. The van der Waals surface area contributed by atoms with Crippen LogP contribution in [0.1, 0.15) is 12.5 Å². The van der Waals surface area contributed by atoms with E-state index in [9.17, 15) is 14.0 Å². The molecule has 0 radical (unpaired) electrons. The number of fused-ring (bicyclic) bond motifs is 1. The summed E-state index contributed by atoms with van der Waals surface area (Å²) >= 11 is 7.77. The highest BCUT2D eigenvalue weighted by Crippen LogP contribution is 2.25. The molecule has 0 unspecified atom stereocenters. The predicted molar refractivity (Wildman–Crippen MR) is 121 cm³/mol. The number of amides is 2. The highest BCUT2D eigenvalue weighted by atomic mass is 35.5. The fourth-order valence-electron chi connectivity index (χ4n) is 3.27. The molecule has 4 aromatic rings. The Balaban J connectivity index is 1.65. The number of carbonyl (C=O) groups excluding carboxylic acids is 2. The Labute approximate surface area is 186 Å². The lowest BCUT2D eigenvalue weighted by molar-refractivity contribution is -0.119. The number of halogens is 2. The normalized spacial score (nSPS) is 10.9. The number of aromatic nitrogens is 2. The van der Waals surface area contributed by atoms with E-state index in [1.807, 2.05) is 16.8 Å². The second-order valence-corrected chi connectivity index (χ2v) is 8.03. The summed E-state index contributed by atoms with van der Waals surface area (Å²) in [5.74, 6) is -0.897. The zero-order valence-electron chi connectivity index (χ0n) is 16.5. The van der Waals surface area contributed by atoms with Crippen LogP contribution < -0.4 is 10.2 Å². The Morgan fingerprint density at radius 3 is 2.65 bits per heavy atom. The minimum absolute atomic E-state index is 0.0462. The molecule has 0 aliphatic heterocycles. The van der Waals surface area contributed by atoms with Crippen molar-refractivity contribution >= 4 is 57.2 Å². The van der Waals surface area contributed by atoms with Crippen molar-refractivity contribution in [2.75, 3.05) is 10.2 Å². The van der Waals surface area contributed by atoms with Gasteiger partial charge in [0.15, 0.2) is 5.82 Å². The summed E-state index contributed by atoms with van der Waals surface area (Å²) < 4.78 is 15.6. The summed E-state index contributed by atoms with van der Waals surface area (Å²) in [4.78, 5) is 30.3. The van der Waals surface area contributed by atoms with E-state index >= 15 is 0 Å². The number of rotatable bonds is 6. The fraction of sp³-hybridized carbons (Fsp3) is 0.136. The van der Waals surface area contributed by atoms with Crippen LogP contribution in [0, 0.1) is 5.82 Å². The van der Waals surface area contributed by atoms with Crippen LogP contribution in [0.15, 0.2) is 59.3 Å². The highest BCUT2D eigenvalue weighted by Gasteiger charge is 2.21. The molecule has 0 saturated heterocycles. The second-order valence-electron chi connectivity index (χ2n) is 6.91. The molecule has 6 nitrogen and oxygen atoms in total. The third-order valence-electron chi connectivity index (χ3n) is 4.70. The minimum atomic E-state index is -0.491. The number of nitrogens with zero attached hydrogens (tertiary/aromatic N) is 3. The van der Waals surface area contributed by atoms with Gasteiger partial charge in [-0.15, -0.1) is 0 Å². The van der Waals surface area contributed by atoms with Gasteiger partial charge in [-0.2, -0.15) is 11.3 Å². The van der Waals surface area contributed by atoms with E-state index in [-0.39, 0.29) is 29.2 Å². The number of hydrogen-bond acceptors (Lipinski definition) is 4. The molecule has 4 rings (SSSR count). The van der Waals surface area contributed by atoms with E-state index in [0.717, 1.165) is 5.56 Å². The molecular weight excluding hydrogens is 439 g/mol. The van der Waals surface area contributed by atoms with Crippen LogP contribution in [-0.2, 0) is 22.7 Å². The van der Waals surface area contributed by atoms with Gasteiger partial charge < -0.3 is 14.8 Å². The fourth-order valence-corrected chi connectivity index (χ4v) is 4.17. The summed E-state index contributed by atoms with van der Waals surface area (Å²) in [6, 6.07) is 13.5. The highest BCUT2D eigenvalue weighted by molar-refractivity contribution is 7.07. The monoisotopic (exact) mass is 456 g/mol. The Bertz CT molecular complexity index is 1240. The molecular formula is C22H18ClFN4O2S. The van der Waals surface area contributed by atoms with E-state index < -0.39 is 5.82 Å². The van der Waals surface area contributed by atoms with Crippen LogP contribution >= 0.6 is 22.9 Å². The van der Waals surface area contributed by atoms with Crippen molar-refractivity contribution in [3.05, 3.63) is 76.0 Å². The van der Waals surface area contributed by atoms with Gasteiger partial charge in [0, 0.05) is 18.3 Å². The standard InChI is InChI=1S/C22H18ClFN4O2S/c1-14(29)25-16-5-7-17(8-6-16)27(11-15-9-10-31-13-15)20(30)12-28-19-4-2-3-18(24)21(19)26-22(28)23/h2-10,13H,11-12H2,1H3,(H,25,29). The molecule has 0 bridgehead atoms. The summed E-state index contributed by atoms with van der Waals surface area (Å²) in [5, 5.41) is 6.67.